The average Bonchev–Trinajstić information content (AvgIpc) is 3.45. The van der Waals surface area contributed by atoms with Gasteiger partial charge >= 0.3 is 5.69 Å². The zero-order chi connectivity index (χ0) is 25.5. The van der Waals surface area contributed by atoms with Crippen LogP contribution in [0.5, 0.6) is 0 Å². The Morgan fingerprint density at radius 3 is 1.76 bits per heavy atom. The molecule has 2 N–H and O–H groups in total. The van der Waals surface area contributed by atoms with Crippen LogP contribution in [0.1, 0.15) is 22.9 Å². The Morgan fingerprint density at radius 1 is 0.730 bits per heavy atom. The molecule has 1 saturated heterocycles. The first-order chi connectivity index (χ1) is 18.2. The molecule has 0 spiro atoms. The monoisotopic (exact) mass is 519 g/mol. The highest BCUT2D eigenvalue weighted by molar-refractivity contribution is 7.71. The van der Waals surface area contributed by atoms with Crippen molar-refractivity contribution >= 4 is 12.2 Å². The number of hydrogen-bond acceptors (Lipinski definition) is 6. The second-order valence-corrected chi connectivity index (χ2v) is 9.21. The molecule has 2 heterocycles. The minimum absolute atomic E-state index is 0.218. The lowest BCUT2D eigenvalue weighted by molar-refractivity contribution is -0.0921. The molecule has 3 aromatic carbocycles. The van der Waals surface area contributed by atoms with E-state index in [0.717, 1.165) is 16.7 Å². The van der Waals surface area contributed by atoms with E-state index in [0.29, 0.717) is 19.8 Å². The van der Waals surface area contributed by atoms with E-state index >= 15 is 0 Å². The summed E-state index contributed by atoms with van der Waals surface area (Å²) in [6, 6.07) is 29.7. The number of H-pyrrole nitrogens is 2. The van der Waals surface area contributed by atoms with Gasteiger partial charge in [0.1, 0.15) is 18.3 Å². The maximum absolute atomic E-state index is 12.6. The summed E-state index contributed by atoms with van der Waals surface area (Å²) in [5.41, 5.74) is 2.67. The zero-order valence-electron chi connectivity index (χ0n) is 20.2. The molecule has 5 rings (SSSR count). The smallest absolute Gasteiger partial charge is 0.344 e. The van der Waals surface area contributed by atoms with Gasteiger partial charge in [0.05, 0.1) is 26.4 Å². The second-order valence-electron chi connectivity index (χ2n) is 8.82. The van der Waals surface area contributed by atoms with Gasteiger partial charge in [0.2, 0.25) is 0 Å². The molecule has 0 unspecified atom stereocenters. The molecule has 0 radical (unpaired) electrons. The number of nitrogens with zero attached hydrogens (tertiary/aromatic N) is 1. The summed E-state index contributed by atoms with van der Waals surface area (Å²) in [4.78, 5) is 12.6. The van der Waals surface area contributed by atoms with Crippen LogP contribution >= 0.6 is 12.2 Å². The first kappa shape index (κ1) is 25.3. The van der Waals surface area contributed by atoms with Gasteiger partial charge in [-0.05, 0) is 28.9 Å². The van der Waals surface area contributed by atoms with Crippen molar-refractivity contribution in [1.82, 2.24) is 14.8 Å². The van der Waals surface area contributed by atoms with Gasteiger partial charge in [0.15, 0.2) is 11.0 Å². The Morgan fingerprint density at radius 2 is 1.24 bits per heavy atom. The van der Waals surface area contributed by atoms with E-state index in [4.69, 9.17) is 31.2 Å². The maximum atomic E-state index is 12.6. The van der Waals surface area contributed by atoms with Gasteiger partial charge in [-0.1, -0.05) is 91.0 Å². The molecule has 8 nitrogen and oxygen atoms in total. The molecule has 4 atom stereocenters. The topological polar surface area (TPSA) is 90.5 Å². The molecular formula is C28H29N3O5S. The van der Waals surface area contributed by atoms with Gasteiger partial charge in [-0.25, -0.2) is 14.5 Å². The van der Waals surface area contributed by atoms with Crippen LogP contribution in [-0.4, -0.2) is 39.7 Å². The molecule has 0 aliphatic carbocycles. The van der Waals surface area contributed by atoms with Gasteiger partial charge < -0.3 is 18.9 Å². The molecule has 4 aromatic rings. The van der Waals surface area contributed by atoms with Gasteiger partial charge in [-0.2, -0.15) is 0 Å². The van der Waals surface area contributed by atoms with E-state index in [1.165, 1.54) is 4.57 Å². The molecule has 0 saturated carbocycles. The molecule has 192 valence electrons. The third-order valence-electron chi connectivity index (χ3n) is 6.22. The summed E-state index contributed by atoms with van der Waals surface area (Å²) in [6.07, 6.45) is -2.41. The highest BCUT2D eigenvalue weighted by Gasteiger charge is 2.48. The Labute approximate surface area is 219 Å². The van der Waals surface area contributed by atoms with Crippen molar-refractivity contribution in [3.8, 4) is 0 Å². The minimum atomic E-state index is -0.794. The van der Waals surface area contributed by atoms with E-state index in [1.54, 1.807) is 0 Å². The van der Waals surface area contributed by atoms with E-state index < -0.39 is 30.2 Å². The molecule has 9 heteroatoms. The van der Waals surface area contributed by atoms with Crippen LogP contribution in [0.3, 0.4) is 0 Å². The van der Waals surface area contributed by atoms with Crippen LogP contribution in [0.15, 0.2) is 95.8 Å². The van der Waals surface area contributed by atoms with Crippen molar-refractivity contribution in [2.45, 2.75) is 44.4 Å². The Balaban J connectivity index is 1.40. The summed E-state index contributed by atoms with van der Waals surface area (Å²) < 4.78 is 26.8. The fourth-order valence-corrected chi connectivity index (χ4v) is 4.62. The molecule has 37 heavy (non-hydrogen) atoms. The number of benzene rings is 3. The van der Waals surface area contributed by atoms with Crippen LogP contribution in [0, 0.1) is 4.77 Å². The van der Waals surface area contributed by atoms with Crippen molar-refractivity contribution in [1.29, 1.82) is 0 Å². The fraction of sp³-hybridized carbons (Fsp3) is 0.286. The summed E-state index contributed by atoms with van der Waals surface area (Å²) in [6.45, 7) is 1.36. The van der Waals surface area contributed by atoms with Crippen LogP contribution in [0.2, 0.25) is 0 Å². The molecular weight excluding hydrogens is 490 g/mol. The largest absolute Gasteiger partial charge is 0.374 e. The van der Waals surface area contributed by atoms with Crippen molar-refractivity contribution in [3.63, 3.8) is 0 Å². The van der Waals surface area contributed by atoms with Crippen LogP contribution in [0.4, 0.5) is 0 Å². The lowest BCUT2D eigenvalue weighted by Crippen LogP contribution is -2.39. The van der Waals surface area contributed by atoms with Gasteiger partial charge in [0.25, 0.3) is 0 Å². The Hall–Kier alpha value is -3.34. The molecule has 0 amide bonds. The third-order valence-corrected chi connectivity index (χ3v) is 6.52. The van der Waals surface area contributed by atoms with E-state index in [-0.39, 0.29) is 11.4 Å². The summed E-state index contributed by atoms with van der Waals surface area (Å²) >= 11 is 5.38. The molecule has 0 bridgehead atoms. The van der Waals surface area contributed by atoms with Gasteiger partial charge in [-0.3, -0.25) is 5.10 Å². The first-order valence-corrected chi connectivity index (χ1v) is 12.6. The standard InChI is InChI=1S/C28H29N3O5S/c32-27-29-30-28(37)31(27)26-25(35-18-22-14-8-3-9-15-22)24(34-17-21-12-6-2-7-13-21)23(36-26)19-33-16-20-10-4-1-5-11-20/h1-15,23-26H,16-19H2,(H,29,32)(H,30,37)/t23-,24-,25-,26-/m1/s1. The predicted octanol–water partition coefficient (Wildman–Crippen LogP) is 4.52. The molecule has 1 aromatic heterocycles. The highest BCUT2D eigenvalue weighted by atomic mass is 32.1. The lowest BCUT2D eigenvalue weighted by atomic mass is 10.1. The summed E-state index contributed by atoms with van der Waals surface area (Å²) in [7, 11) is 0. The zero-order valence-corrected chi connectivity index (χ0v) is 21.0. The lowest BCUT2D eigenvalue weighted by Gasteiger charge is -2.25. The van der Waals surface area contributed by atoms with E-state index in [1.807, 2.05) is 91.0 Å². The summed E-state index contributed by atoms with van der Waals surface area (Å²) in [5.74, 6) is 0. The van der Waals surface area contributed by atoms with Crippen LogP contribution in [0.25, 0.3) is 0 Å². The van der Waals surface area contributed by atoms with Gasteiger partial charge in [-0.15, -0.1) is 0 Å². The summed E-state index contributed by atoms with van der Waals surface area (Å²) in [5, 5.41) is 5.22. The van der Waals surface area contributed by atoms with Crippen LogP contribution in [-0.2, 0) is 38.8 Å². The maximum Gasteiger partial charge on any atom is 0.344 e. The molecule has 1 aliphatic heterocycles. The van der Waals surface area contributed by atoms with E-state index in [9.17, 15) is 4.79 Å². The number of ether oxygens (including phenoxy) is 4. The Bertz CT molecular complexity index is 1330. The van der Waals surface area contributed by atoms with E-state index in [2.05, 4.69) is 10.2 Å². The average molecular weight is 520 g/mol. The second kappa shape index (κ2) is 12.3. The van der Waals surface area contributed by atoms with Crippen molar-refractivity contribution < 1.29 is 18.9 Å². The Kier molecular flexibility index (Phi) is 8.39. The van der Waals surface area contributed by atoms with Crippen molar-refractivity contribution in [2.24, 2.45) is 0 Å². The quantitative estimate of drug-likeness (QED) is 0.283. The normalized spacial score (nSPS) is 21.3. The minimum Gasteiger partial charge on any atom is -0.374 e. The van der Waals surface area contributed by atoms with Gasteiger partial charge in [0, 0.05) is 0 Å². The fourth-order valence-electron chi connectivity index (χ4n) is 4.38. The number of hydrogen-bond donors (Lipinski definition) is 2. The third kappa shape index (κ3) is 6.33. The number of aromatic nitrogens is 3. The first-order valence-electron chi connectivity index (χ1n) is 12.2. The number of rotatable bonds is 11. The van der Waals surface area contributed by atoms with Crippen molar-refractivity contribution in [3.05, 3.63) is 123 Å². The predicted molar refractivity (Wildman–Crippen MR) is 140 cm³/mol. The molecule has 1 fully saturated rings. The van der Waals surface area contributed by atoms with Crippen molar-refractivity contribution in [2.75, 3.05) is 6.61 Å². The van der Waals surface area contributed by atoms with Crippen LogP contribution < -0.4 is 5.69 Å². The number of aromatic amines is 2. The number of nitrogens with one attached hydrogen (secondary N) is 2. The SMILES string of the molecule is O=c1[nH][nH]c(=S)n1[C@@H]1O[C@H](COCc2ccccc2)[C@@H](OCc2ccccc2)[C@H]1OCc1ccccc1. The molecule has 1 aliphatic rings. The highest BCUT2D eigenvalue weighted by Crippen LogP contribution is 2.34.